The molecule has 0 unspecified atom stereocenters. The Morgan fingerprint density at radius 2 is 2.10 bits per heavy atom. The minimum Gasteiger partial charge on any atom is -0.356 e. The number of hydrogen-bond acceptors (Lipinski definition) is 1. The topological polar surface area (TPSA) is 36.4 Å². The van der Waals surface area contributed by atoms with Gasteiger partial charge in [0.05, 0.1) is 4.47 Å². The smallest absolute Gasteiger partial charge is 0.191 e. The van der Waals surface area contributed by atoms with Gasteiger partial charge in [0.2, 0.25) is 0 Å². The number of halogens is 3. The molecule has 2 rings (SSSR count). The molecule has 116 valence electrons. The molecule has 0 amide bonds. The third-order valence-electron chi connectivity index (χ3n) is 3.26. The average Bonchev–Trinajstić information content (AvgIpc) is 2.94. The molecule has 0 bridgehead atoms. The summed E-state index contributed by atoms with van der Waals surface area (Å²) in [4.78, 5) is 4.21. The molecule has 0 saturated heterocycles. The summed E-state index contributed by atoms with van der Waals surface area (Å²) in [6.45, 7) is 0.762. The van der Waals surface area contributed by atoms with Crippen LogP contribution in [0.2, 0.25) is 0 Å². The van der Waals surface area contributed by atoms with Crippen LogP contribution in [0.5, 0.6) is 0 Å². The Morgan fingerprint density at radius 3 is 2.71 bits per heavy atom. The van der Waals surface area contributed by atoms with E-state index >= 15 is 0 Å². The number of guanidine groups is 1. The van der Waals surface area contributed by atoms with Crippen molar-refractivity contribution in [1.29, 1.82) is 0 Å². The van der Waals surface area contributed by atoms with Crippen molar-refractivity contribution in [2.45, 2.75) is 25.3 Å². The van der Waals surface area contributed by atoms with Gasteiger partial charge in [-0.05, 0) is 52.9 Å². The Kier molecular flexibility index (Phi) is 8.24. The summed E-state index contributed by atoms with van der Waals surface area (Å²) in [5.41, 5.74) is 1.09. The van der Waals surface area contributed by atoms with Gasteiger partial charge in [0.25, 0.3) is 0 Å². The van der Waals surface area contributed by atoms with Crippen LogP contribution in [0.1, 0.15) is 18.4 Å². The molecule has 0 atom stereocenters. The highest BCUT2D eigenvalue weighted by Crippen LogP contribution is 2.16. The van der Waals surface area contributed by atoms with Crippen LogP contribution < -0.4 is 10.6 Å². The molecule has 1 aromatic carbocycles. The van der Waals surface area contributed by atoms with Gasteiger partial charge in [-0.1, -0.05) is 18.2 Å². The molecule has 3 nitrogen and oxygen atoms in total. The summed E-state index contributed by atoms with van der Waals surface area (Å²) < 4.78 is 13.6. The number of aliphatic imine (C=N–C) groups is 1. The standard InChI is InChI=1S/C15H19BrFN3.HI/c1-18-15(20-12-4-2-3-5-12)19-9-8-11-6-7-14(17)13(16)10-11;/h2-3,6-7,10,12H,4-5,8-9H2,1H3,(H2,18,19,20);1H. The minimum atomic E-state index is -0.229. The lowest BCUT2D eigenvalue weighted by molar-refractivity contribution is 0.619. The van der Waals surface area contributed by atoms with Gasteiger partial charge in [-0.2, -0.15) is 0 Å². The Balaban J connectivity index is 0.00000220. The average molecular weight is 468 g/mol. The Hall–Kier alpha value is -0.630. The van der Waals surface area contributed by atoms with Gasteiger partial charge in [0.1, 0.15) is 5.82 Å². The molecule has 0 fully saturated rings. The summed E-state index contributed by atoms with van der Waals surface area (Å²) >= 11 is 3.20. The van der Waals surface area contributed by atoms with E-state index in [0.29, 0.717) is 10.5 Å². The summed E-state index contributed by atoms with van der Waals surface area (Å²) in [5.74, 6) is 0.591. The molecular weight excluding hydrogens is 448 g/mol. The van der Waals surface area contributed by atoms with Crippen LogP contribution in [0.3, 0.4) is 0 Å². The molecule has 0 saturated carbocycles. The SMILES string of the molecule is CN=C(NCCc1ccc(F)c(Br)c1)NC1CC=CC1.I. The van der Waals surface area contributed by atoms with Crippen LogP contribution in [0.25, 0.3) is 0 Å². The maximum absolute atomic E-state index is 13.1. The second-order valence-electron chi connectivity index (χ2n) is 4.78. The van der Waals surface area contributed by atoms with E-state index in [-0.39, 0.29) is 29.8 Å². The number of rotatable bonds is 4. The summed E-state index contributed by atoms with van der Waals surface area (Å²) in [6.07, 6.45) is 7.28. The molecule has 0 spiro atoms. The van der Waals surface area contributed by atoms with Crippen LogP contribution >= 0.6 is 39.9 Å². The quantitative estimate of drug-likeness (QED) is 0.307. The number of nitrogens with zero attached hydrogens (tertiary/aromatic N) is 1. The first-order valence-corrected chi connectivity index (χ1v) is 7.54. The molecule has 21 heavy (non-hydrogen) atoms. The van der Waals surface area contributed by atoms with Gasteiger partial charge >= 0.3 is 0 Å². The van der Waals surface area contributed by atoms with E-state index < -0.39 is 0 Å². The van der Waals surface area contributed by atoms with Gasteiger partial charge < -0.3 is 10.6 Å². The van der Waals surface area contributed by atoms with E-state index in [9.17, 15) is 4.39 Å². The fourth-order valence-electron chi connectivity index (χ4n) is 2.14. The van der Waals surface area contributed by atoms with Crippen LogP contribution in [-0.2, 0) is 6.42 Å². The molecule has 1 aliphatic carbocycles. The third-order valence-corrected chi connectivity index (χ3v) is 3.87. The summed E-state index contributed by atoms with van der Waals surface area (Å²) in [6, 6.07) is 5.55. The van der Waals surface area contributed by atoms with Crippen molar-refractivity contribution < 1.29 is 4.39 Å². The zero-order chi connectivity index (χ0) is 14.4. The van der Waals surface area contributed by atoms with Crippen molar-refractivity contribution in [3.05, 3.63) is 46.2 Å². The summed E-state index contributed by atoms with van der Waals surface area (Å²) in [7, 11) is 1.77. The van der Waals surface area contributed by atoms with Gasteiger partial charge in [0.15, 0.2) is 5.96 Å². The Morgan fingerprint density at radius 1 is 1.38 bits per heavy atom. The van der Waals surface area contributed by atoms with E-state index in [1.807, 2.05) is 6.07 Å². The fraction of sp³-hybridized carbons (Fsp3) is 0.400. The van der Waals surface area contributed by atoms with E-state index in [1.54, 1.807) is 13.1 Å². The highest BCUT2D eigenvalue weighted by atomic mass is 127. The normalized spacial score (nSPS) is 14.9. The molecule has 0 radical (unpaired) electrons. The van der Waals surface area contributed by atoms with Crippen LogP contribution in [0.15, 0.2) is 39.8 Å². The first-order chi connectivity index (χ1) is 9.69. The van der Waals surface area contributed by atoms with E-state index in [4.69, 9.17) is 0 Å². The predicted molar refractivity (Wildman–Crippen MR) is 99.9 cm³/mol. The molecule has 0 heterocycles. The number of hydrogen-bond donors (Lipinski definition) is 2. The van der Waals surface area contributed by atoms with Crippen molar-refractivity contribution in [3.63, 3.8) is 0 Å². The highest BCUT2D eigenvalue weighted by molar-refractivity contribution is 14.0. The third kappa shape index (κ3) is 5.94. The maximum atomic E-state index is 13.1. The van der Waals surface area contributed by atoms with Gasteiger partial charge in [-0.25, -0.2) is 4.39 Å². The van der Waals surface area contributed by atoms with Crippen LogP contribution in [0.4, 0.5) is 4.39 Å². The predicted octanol–water partition coefficient (Wildman–Crippen LogP) is 3.63. The lowest BCUT2D eigenvalue weighted by Gasteiger charge is -2.16. The van der Waals surface area contributed by atoms with Crippen molar-refractivity contribution >= 4 is 45.9 Å². The summed E-state index contributed by atoms with van der Waals surface area (Å²) in [5, 5.41) is 6.66. The molecule has 1 aliphatic rings. The Labute approximate surface area is 150 Å². The lowest BCUT2D eigenvalue weighted by atomic mass is 10.1. The van der Waals surface area contributed by atoms with Crippen LogP contribution in [-0.4, -0.2) is 25.6 Å². The van der Waals surface area contributed by atoms with Gasteiger partial charge in [0, 0.05) is 19.6 Å². The number of nitrogens with one attached hydrogen (secondary N) is 2. The molecule has 1 aromatic rings. The molecule has 2 N–H and O–H groups in total. The van der Waals surface area contributed by atoms with Gasteiger partial charge in [-0.3, -0.25) is 4.99 Å². The highest BCUT2D eigenvalue weighted by Gasteiger charge is 2.11. The Bertz CT molecular complexity index is 512. The van der Waals surface area contributed by atoms with E-state index in [2.05, 4.69) is 43.7 Å². The first kappa shape index (κ1) is 18.4. The second kappa shape index (κ2) is 9.40. The zero-order valence-electron chi connectivity index (χ0n) is 11.9. The second-order valence-corrected chi connectivity index (χ2v) is 5.64. The number of benzene rings is 1. The van der Waals surface area contributed by atoms with Crippen molar-refractivity contribution in [3.8, 4) is 0 Å². The molecule has 0 aromatic heterocycles. The minimum absolute atomic E-state index is 0. The lowest BCUT2D eigenvalue weighted by Crippen LogP contribution is -2.43. The molecule has 0 aliphatic heterocycles. The first-order valence-electron chi connectivity index (χ1n) is 6.75. The van der Waals surface area contributed by atoms with Crippen molar-refractivity contribution in [2.75, 3.05) is 13.6 Å². The van der Waals surface area contributed by atoms with Gasteiger partial charge in [-0.15, -0.1) is 24.0 Å². The molecule has 6 heteroatoms. The van der Waals surface area contributed by atoms with E-state index in [0.717, 1.165) is 37.3 Å². The van der Waals surface area contributed by atoms with E-state index in [1.165, 1.54) is 6.07 Å². The fourth-order valence-corrected chi connectivity index (χ4v) is 2.57. The zero-order valence-corrected chi connectivity index (χ0v) is 15.8. The largest absolute Gasteiger partial charge is 0.356 e. The maximum Gasteiger partial charge on any atom is 0.191 e. The van der Waals surface area contributed by atoms with Crippen LogP contribution in [0, 0.1) is 5.82 Å². The molecular formula is C15H20BrFIN3. The monoisotopic (exact) mass is 467 g/mol. The van der Waals surface area contributed by atoms with Crippen molar-refractivity contribution in [2.24, 2.45) is 4.99 Å². The van der Waals surface area contributed by atoms with Crippen molar-refractivity contribution in [1.82, 2.24) is 10.6 Å².